The van der Waals surface area contributed by atoms with Crippen molar-refractivity contribution in [2.75, 3.05) is 0 Å². The molecule has 9 nitrogen and oxygen atoms in total. The van der Waals surface area contributed by atoms with Gasteiger partial charge in [0.2, 0.25) is 5.91 Å². The Hall–Kier alpha value is -6.71. The van der Waals surface area contributed by atoms with Gasteiger partial charge in [-0.05, 0) is 47.5 Å². The maximum atomic E-state index is 11.3. The van der Waals surface area contributed by atoms with Crippen LogP contribution in [0.5, 0.6) is 0 Å². The van der Waals surface area contributed by atoms with Crippen molar-refractivity contribution in [1.29, 1.82) is 0 Å². The number of hydrogen-bond donors (Lipinski definition) is 1. The molecule has 0 aliphatic carbocycles. The first kappa shape index (κ1) is 31.9. The predicted octanol–water partition coefficient (Wildman–Crippen LogP) is 8.35. The predicted molar refractivity (Wildman–Crippen MR) is 196 cm³/mol. The molecule has 0 aliphatic rings. The highest BCUT2D eigenvalue weighted by Gasteiger charge is 2.09. The minimum atomic E-state index is -0.493. The first-order valence-corrected chi connectivity index (χ1v) is 16.1. The van der Waals surface area contributed by atoms with Crippen LogP contribution in [0.25, 0.3) is 56.1 Å². The average molecular weight is 673 g/mol. The van der Waals surface area contributed by atoms with Crippen LogP contribution in [0.4, 0.5) is 0 Å². The van der Waals surface area contributed by atoms with E-state index in [0.717, 1.165) is 61.2 Å². The van der Waals surface area contributed by atoms with Gasteiger partial charge in [-0.3, -0.25) is 9.78 Å². The molecule has 1 amide bonds. The van der Waals surface area contributed by atoms with Crippen molar-refractivity contribution in [1.82, 2.24) is 35.0 Å². The van der Waals surface area contributed by atoms with Crippen molar-refractivity contribution >= 4 is 17.5 Å². The normalized spacial score (nSPS) is 10.7. The van der Waals surface area contributed by atoms with Gasteiger partial charge in [0, 0.05) is 39.7 Å². The van der Waals surface area contributed by atoms with Gasteiger partial charge in [0.1, 0.15) is 11.4 Å². The summed E-state index contributed by atoms with van der Waals surface area (Å²) in [5.41, 5.74) is 15.2. The average Bonchev–Trinajstić information content (AvgIpc) is 3.88. The van der Waals surface area contributed by atoms with Gasteiger partial charge in [0.25, 0.3) is 0 Å². The van der Waals surface area contributed by atoms with Gasteiger partial charge < -0.3 is 5.73 Å². The fourth-order valence-corrected chi connectivity index (χ4v) is 5.54. The molecule has 0 unspecified atom stereocenters. The Morgan fingerprint density at radius 3 is 1.56 bits per heavy atom. The first-order valence-electron chi connectivity index (χ1n) is 15.7. The Labute approximate surface area is 293 Å². The lowest BCUT2D eigenvalue weighted by molar-refractivity contribution is 0.1000. The zero-order valence-corrected chi connectivity index (χ0v) is 27.3. The molecule has 3 heterocycles. The Morgan fingerprint density at radius 2 is 1.04 bits per heavy atom. The Kier molecular flexibility index (Phi) is 9.30. The molecule has 5 aromatic carbocycles. The van der Waals surface area contributed by atoms with Crippen LogP contribution in [0.2, 0.25) is 5.02 Å². The Bertz CT molecular complexity index is 2350. The lowest BCUT2D eigenvalue weighted by Gasteiger charge is -2.06. The van der Waals surface area contributed by atoms with Crippen LogP contribution in [0.1, 0.15) is 10.4 Å². The van der Waals surface area contributed by atoms with Crippen LogP contribution < -0.4 is 5.73 Å². The van der Waals surface area contributed by atoms with Crippen molar-refractivity contribution < 1.29 is 4.79 Å². The van der Waals surface area contributed by atoms with Crippen molar-refractivity contribution in [3.05, 3.63) is 175 Å². The third-order valence-corrected chi connectivity index (χ3v) is 8.26. The second-order valence-electron chi connectivity index (χ2n) is 11.2. The number of carbonyl (C=O) groups is 1. The molecule has 242 valence electrons. The zero-order chi connectivity index (χ0) is 34.3. The van der Waals surface area contributed by atoms with Crippen molar-refractivity contribution in [3.8, 4) is 56.1 Å². The molecule has 0 saturated carbocycles. The quantitative estimate of drug-likeness (QED) is 0.182. The Balaban J connectivity index is 0.000000157. The first-order chi connectivity index (χ1) is 24.5. The largest absolute Gasteiger partial charge is 0.366 e. The summed E-state index contributed by atoms with van der Waals surface area (Å²) in [6.07, 6.45) is 6.98. The number of rotatable bonds is 7. The van der Waals surface area contributed by atoms with Gasteiger partial charge >= 0.3 is 0 Å². The standard InChI is InChI=1S/C20H14ClN3.C20H15N5O/c21-19-9-5-4-8-18(19)15-10-12-17(13-11-15)24-14-20(22-23-24)16-6-2-1-3-7-16;21-20(26)17-10-16(11-22-12-17)14-6-8-18(9-7-14)25-13-19(23-24-25)15-4-2-1-3-5-15/h1-14H;1-13H,(H2,21,26). The van der Waals surface area contributed by atoms with E-state index in [9.17, 15) is 4.79 Å². The zero-order valence-electron chi connectivity index (χ0n) is 26.6. The molecular weight excluding hydrogens is 644 g/mol. The van der Waals surface area contributed by atoms with E-state index in [4.69, 9.17) is 17.3 Å². The lowest BCUT2D eigenvalue weighted by Crippen LogP contribution is -2.11. The minimum absolute atomic E-state index is 0.385. The third kappa shape index (κ3) is 7.23. The summed E-state index contributed by atoms with van der Waals surface area (Å²) in [7, 11) is 0. The molecule has 0 aliphatic heterocycles. The van der Waals surface area contributed by atoms with Gasteiger partial charge in [0.05, 0.1) is 29.3 Å². The molecular formula is C40H29ClN8O. The van der Waals surface area contributed by atoms with Crippen LogP contribution in [0.15, 0.2) is 164 Å². The van der Waals surface area contributed by atoms with Gasteiger partial charge in [-0.2, -0.15) is 0 Å². The number of primary amides is 1. The summed E-state index contributed by atoms with van der Waals surface area (Å²) < 4.78 is 3.50. The number of aromatic nitrogens is 7. The molecule has 0 atom stereocenters. The molecule has 0 radical (unpaired) electrons. The van der Waals surface area contributed by atoms with E-state index < -0.39 is 5.91 Å². The molecule has 0 spiro atoms. The van der Waals surface area contributed by atoms with Gasteiger partial charge in [-0.15, -0.1) is 10.2 Å². The second-order valence-corrected chi connectivity index (χ2v) is 11.6. The van der Waals surface area contributed by atoms with Crippen LogP contribution in [-0.4, -0.2) is 40.9 Å². The number of pyridine rings is 1. The SMILES string of the molecule is Clc1ccccc1-c1ccc(-n2cc(-c3ccccc3)nn2)cc1.NC(=O)c1cncc(-c2ccc(-n3cc(-c4ccccc4)nn3)cc2)c1. The number of amides is 1. The van der Waals surface area contributed by atoms with E-state index in [2.05, 4.69) is 25.6 Å². The maximum Gasteiger partial charge on any atom is 0.250 e. The Morgan fingerprint density at radius 1 is 0.540 bits per heavy atom. The molecule has 3 aromatic heterocycles. The van der Waals surface area contributed by atoms with E-state index >= 15 is 0 Å². The highest BCUT2D eigenvalue weighted by molar-refractivity contribution is 6.33. The smallest absolute Gasteiger partial charge is 0.250 e. The molecule has 10 heteroatoms. The van der Waals surface area contributed by atoms with E-state index in [1.54, 1.807) is 21.6 Å². The fourth-order valence-electron chi connectivity index (χ4n) is 5.29. The van der Waals surface area contributed by atoms with Crippen LogP contribution in [0.3, 0.4) is 0 Å². The van der Waals surface area contributed by atoms with Crippen LogP contribution in [0, 0.1) is 0 Å². The molecule has 8 rings (SSSR count). The molecule has 50 heavy (non-hydrogen) atoms. The lowest BCUT2D eigenvalue weighted by atomic mass is 10.1. The summed E-state index contributed by atoms with van der Waals surface area (Å²) in [5.74, 6) is -0.493. The van der Waals surface area contributed by atoms with E-state index in [1.165, 1.54) is 6.20 Å². The topological polar surface area (TPSA) is 117 Å². The number of hydrogen-bond acceptors (Lipinski definition) is 6. The number of nitrogens with two attached hydrogens (primary N) is 1. The van der Waals surface area contributed by atoms with Gasteiger partial charge in [-0.1, -0.05) is 125 Å². The number of halogens is 1. The molecule has 0 bridgehead atoms. The van der Waals surface area contributed by atoms with Crippen LogP contribution >= 0.6 is 11.6 Å². The molecule has 8 aromatic rings. The number of nitrogens with zero attached hydrogens (tertiary/aromatic N) is 7. The van der Waals surface area contributed by atoms with E-state index in [0.29, 0.717) is 5.56 Å². The number of benzene rings is 5. The highest BCUT2D eigenvalue weighted by atomic mass is 35.5. The summed E-state index contributed by atoms with van der Waals surface area (Å²) in [6, 6.07) is 45.4. The van der Waals surface area contributed by atoms with Crippen molar-refractivity contribution in [3.63, 3.8) is 0 Å². The molecule has 2 N–H and O–H groups in total. The van der Waals surface area contributed by atoms with Crippen molar-refractivity contribution in [2.24, 2.45) is 5.73 Å². The summed E-state index contributed by atoms with van der Waals surface area (Å²) in [4.78, 5) is 15.4. The maximum absolute atomic E-state index is 11.3. The minimum Gasteiger partial charge on any atom is -0.366 e. The fraction of sp³-hybridized carbons (Fsp3) is 0. The van der Waals surface area contributed by atoms with Crippen molar-refractivity contribution in [2.45, 2.75) is 0 Å². The second kappa shape index (κ2) is 14.6. The summed E-state index contributed by atoms with van der Waals surface area (Å²) in [6.45, 7) is 0. The summed E-state index contributed by atoms with van der Waals surface area (Å²) >= 11 is 6.26. The number of carbonyl (C=O) groups excluding carboxylic acids is 1. The molecule has 0 saturated heterocycles. The molecule has 0 fully saturated rings. The third-order valence-electron chi connectivity index (χ3n) is 7.93. The van der Waals surface area contributed by atoms with Crippen LogP contribution in [-0.2, 0) is 0 Å². The highest BCUT2D eigenvalue weighted by Crippen LogP contribution is 2.28. The van der Waals surface area contributed by atoms with E-state index in [-0.39, 0.29) is 0 Å². The summed E-state index contributed by atoms with van der Waals surface area (Å²) in [5, 5.41) is 17.6. The van der Waals surface area contributed by atoms with Gasteiger partial charge in [-0.25, -0.2) is 9.36 Å². The van der Waals surface area contributed by atoms with Gasteiger partial charge in [0.15, 0.2) is 0 Å². The monoisotopic (exact) mass is 672 g/mol. The van der Waals surface area contributed by atoms with E-state index in [1.807, 2.05) is 146 Å².